The molecule has 3 rings (SSSR count). The van der Waals surface area contributed by atoms with Crippen molar-refractivity contribution in [2.24, 2.45) is 0 Å². The minimum Gasteiger partial charge on any atom is -0.496 e. The van der Waals surface area contributed by atoms with E-state index in [1.807, 2.05) is 50.2 Å². The smallest absolute Gasteiger partial charge is 0.184 e. The number of benzene rings is 2. The molecule has 9 heteroatoms. The fraction of sp³-hybridized carbons (Fsp3) is 0.500. The zero-order valence-corrected chi connectivity index (χ0v) is 21.8. The number of likely N-dealkylation sites (N-methyl/N-ethyl adjacent to an activating group) is 1. The van der Waals surface area contributed by atoms with Crippen LogP contribution < -0.4 is 10.1 Å². The monoisotopic (exact) mass is 494 g/mol. The molecule has 0 bridgehead atoms. The summed E-state index contributed by atoms with van der Waals surface area (Å²) in [6, 6.07) is 10.7. The fourth-order valence-electron chi connectivity index (χ4n) is 4.41. The minimum absolute atomic E-state index is 0.0257. The number of nitrogens with zero attached hydrogens (tertiary/aromatic N) is 1. The molecule has 1 aliphatic rings. The number of nitrogens with one attached hydrogen (secondary N) is 1. The number of sulfone groups is 2. The van der Waals surface area contributed by atoms with Crippen LogP contribution in [0.2, 0.25) is 0 Å². The number of hydrogen-bond acceptors (Lipinski definition) is 7. The Hall–Kier alpha value is -1.94. The maximum absolute atomic E-state index is 13.6. The maximum Gasteiger partial charge on any atom is 0.184 e. The average molecular weight is 495 g/mol. The molecule has 182 valence electrons. The Bertz CT molecular complexity index is 1210. The molecule has 0 radical (unpaired) electrons. The molecule has 0 spiro atoms. The van der Waals surface area contributed by atoms with Crippen molar-refractivity contribution in [2.75, 3.05) is 39.3 Å². The summed E-state index contributed by atoms with van der Waals surface area (Å²) in [6.07, 6.45) is 0. The second kappa shape index (κ2) is 9.74. The Balaban J connectivity index is 1.90. The average Bonchev–Trinajstić information content (AvgIpc) is 3.05. The zero-order chi connectivity index (χ0) is 24.6. The van der Waals surface area contributed by atoms with Crippen LogP contribution in [0.3, 0.4) is 0 Å². The highest BCUT2D eigenvalue weighted by Gasteiger charge is 2.46. The molecule has 1 aliphatic heterocycles. The van der Waals surface area contributed by atoms with Crippen LogP contribution in [0.1, 0.15) is 28.3 Å². The highest BCUT2D eigenvalue weighted by atomic mass is 32.2. The third kappa shape index (κ3) is 5.59. The molecule has 1 N–H and O–H groups in total. The molecule has 3 atom stereocenters. The van der Waals surface area contributed by atoms with E-state index in [4.69, 9.17) is 4.74 Å². The van der Waals surface area contributed by atoms with Gasteiger partial charge in [-0.05, 0) is 63.7 Å². The topological polar surface area (TPSA) is 92.8 Å². The first-order chi connectivity index (χ1) is 15.4. The van der Waals surface area contributed by atoms with E-state index in [9.17, 15) is 16.8 Å². The number of aryl methyl sites for hydroxylation is 3. The van der Waals surface area contributed by atoms with Crippen molar-refractivity contribution >= 4 is 19.7 Å². The van der Waals surface area contributed by atoms with E-state index in [2.05, 4.69) is 5.32 Å². The van der Waals surface area contributed by atoms with Gasteiger partial charge in [-0.2, -0.15) is 0 Å². The van der Waals surface area contributed by atoms with Gasteiger partial charge in [0.15, 0.2) is 19.7 Å². The van der Waals surface area contributed by atoms with E-state index in [0.29, 0.717) is 23.4 Å². The van der Waals surface area contributed by atoms with Crippen LogP contribution in [0.5, 0.6) is 5.75 Å². The van der Waals surface area contributed by atoms with Gasteiger partial charge in [0.05, 0.1) is 28.8 Å². The quantitative estimate of drug-likeness (QED) is 0.603. The number of rotatable bonds is 8. The van der Waals surface area contributed by atoms with E-state index in [0.717, 1.165) is 11.1 Å². The van der Waals surface area contributed by atoms with E-state index in [-0.39, 0.29) is 22.4 Å². The Kier molecular flexibility index (Phi) is 7.58. The van der Waals surface area contributed by atoms with Gasteiger partial charge in [0, 0.05) is 18.6 Å². The molecule has 0 saturated carbocycles. The zero-order valence-electron chi connectivity index (χ0n) is 20.1. The van der Waals surface area contributed by atoms with Gasteiger partial charge in [0.2, 0.25) is 0 Å². The van der Waals surface area contributed by atoms with Gasteiger partial charge in [-0.15, -0.1) is 0 Å². The molecule has 0 aromatic heterocycles. The lowest BCUT2D eigenvalue weighted by atomic mass is 10.0. The summed E-state index contributed by atoms with van der Waals surface area (Å²) in [6.45, 7) is 5.94. The van der Waals surface area contributed by atoms with Crippen LogP contribution >= 0.6 is 0 Å². The van der Waals surface area contributed by atoms with Gasteiger partial charge in [0.25, 0.3) is 0 Å². The summed E-state index contributed by atoms with van der Waals surface area (Å²) in [4.78, 5) is 2.21. The predicted octanol–water partition coefficient (Wildman–Crippen LogP) is 2.45. The van der Waals surface area contributed by atoms with Gasteiger partial charge in [-0.1, -0.05) is 29.8 Å². The van der Waals surface area contributed by atoms with Crippen LogP contribution in [-0.2, 0) is 19.7 Å². The first kappa shape index (κ1) is 25.7. The Morgan fingerprint density at radius 3 is 2.27 bits per heavy atom. The minimum atomic E-state index is -3.89. The number of methoxy groups -OCH3 is 1. The first-order valence-corrected chi connectivity index (χ1v) is 14.3. The van der Waals surface area contributed by atoms with Gasteiger partial charge in [-0.25, -0.2) is 16.8 Å². The third-order valence-corrected chi connectivity index (χ3v) is 10.6. The summed E-state index contributed by atoms with van der Waals surface area (Å²) >= 11 is 0. The Labute approximate surface area is 198 Å². The van der Waals surface area contributed by atoms with Gasteiger partial charge in [0.1, 0.15) is 5.75 Å². The summed E-state index contributed by atoms with van der Waals surface area (Å²) in [7, 11) is -1.93. The molecular weight excluding hydrogens is 460 g/mol. The van der Waals surface area contributed by atoms with Crippen molar-refractivity contribution in [3.05, 3.63) is 58.7 Å². The van der Waals surface area contributed by atoms with Crippen molar-refractivity contribution < 1.29 is 21.6 Å². The summed E-state index contributed by atoms with van der Waals surface area (Å²) in [5.74, 6) is 0.0282. The molecule has 7 nitrogen and oxygen atoms in total. The number of hydrogen-bond donors (Lipinski definition) is 1. The molecule has 0 amide bonds. The van der Waals surface area contributed by atoms with Crippen molar-refractivity contribution in [1.29, 1.82) is 0 Å². The molecule has 1 fully saturated rings. The lowest BCUT2D eigenvalue weighted by Crippen LogP contribution is -2.46. The molecular formula is C24H34N2O5S2. The largest absolute Gasteiger partial charge is 0.496 e. The molecule has 0 aliphatic carbocycles. The third-order valence-electron chi connectivity index (χ3n) is 6.36. The second-order valence-electron chi connectivity index (χ2n) is 9.15. The van der Waals surface area contributed by atoms with Crippen LogP contribution in [0.15, 0.2) is 41.3 Å². The van der Waals surface area contributed by atoms with Crippen LogP contribution in [0.4, 0.5) is 0 Å². The van der Waals surface area contributed by atoms with Crippen molar-refractivity contribution in [3.8, 4) is 5.75 Å². The first-order valence-electron chi connectivity index (χ1n) is 10.9. The molecule has 2 aromatic rings. The lowest BCUT2D eigenvalue weighted by molar-refractivity contribution is 0.282. The van der Waals surface area contributed by atoms with Crippen molar-refractivity contribution in [1.82, 2.24) is 10.2 Å². The van der Waals surface area contributed by atoms with Crippen LogP contribution in [0.25, 0.3) is 0 Å². The second-order valence-corrected chi connectivity index (χ2v) is 13.4. The van der Waals surface area contributed by atoms with E-state index in [1.54, 1.807) is 26.0 Å². The van der Waals surface area contributed by atoms with Gasteiger partial charge in [-0.3, -0.25) is 0 Å². The van der Waals surface area contributed by atoms with Gasteiger partial charge < -0.3 is 15.0 Å². The SMILES string of the molecule is COc1cc(C)c(S(=O)(=O)[C@H]2CS(=O)(=O)C[C@@H]2NCC(c2ccc(C)cc2)N(C)C)cc1C. The fourth-order valence-corrected chi connectivity index (χ4v) is 9.44. The predicted molar refractivity (Wildman–Crippen MR) is 131 cm³/mol. The number of ether oxygens (including phenoxy) is 1. The standard InChI is InChI=1S/C24H34N2O5S2/c1-16-7-9-19(10-8-16)21(26(4)5)13-25-20-14-32(27,28)15-24(20)33(29,30)23-12-17(2)22(31-6)11-18(23)3/h7-12,20-21,24-25H,13-15H2,1-6H3/t20-,21?,24-/m0/s1. The van der Waals surface area contributed by atoms with E-state index < -0.39 is 31.0 Å². The molecule has 1 saturated heterocycles. The normalized spacial score (nSPS) is 21.3. The highest BCUT2D eigenvalue weighted by Crippen LogP contribution is 2.32. The van der Waals surface area contributed by atoms with E-state index >= 15 is 0 Å². The van der Waals surface area contributed by atoms with Crippen LogP contribution in [-0.4, -0.2) is 72.3 Å². The summed E-state index contributed by atoms with van der Waals surface area (Å²) < 4.78 is 57.6. The maximum atomic E-state index is 13.6. The Morgan fingerprint density at radius 2 is 1.70 bits per heavy atom. The molecule has 33 heavy (non-hydrogen) atoms. The van der Waals surface area contributed by atoms with E-state index in [1.165, 1.54) is 7.11 Å². The molecule has 2 aromatic carbocycles. The lowest BCUT2D eigenvalue weighted by Gasteiger charge is -2.28. The highest BCUT2D eigenvalue weighted by molar-refractivity contribution is 7.96. The Morgan fingerprint density at radius 1 is 1.06 bits per heavy atom. The van der Waals surface area contributed by atoms with Crippen molar-refractivity contribution in [3.63, 3.8) is 0 Å². The van der Waals surface area contributed by atoms with Crippen LogP contribution in [0, 0.1) is 20.8 Å². The summed E-state index contributed by atoms with van der Waals surface area (Å²) in [5, 5.41) is 2.24. The molecule has 1 heterocycles. The van der Waals surface area contributed by atoms with Crippen molar-refractivity contribution in [2.45, 2.75) is 43.0 Å². The summed E-state index contributed by atoms with van der Waals surface area (Å²) in [5.41, 5.74) is 3.48. The molecule has 1 unspecified atom stereocenters. The van der Waals surface area contributed by atoms with Gasteiger partial charge >= 0.3 is 0 Å².